The Morgan fingerprint density at radius 2 is 0.592 bits per heavy atom. The summed E-state index contributed by atoms with van der Waals surface area (Å²) in [4.78, 5) is 0. The Hall–Kier alpha value is -1.86. The molecule has 0 aliphatic heterocycles. The summed E-state index contributed by atoms with van der Waals surface area (Å²) in [7, 11) is -6.05. The van der Waals surface area contributed by atoms with Gasteiger partial charge in [0.1, 0.15) is 0 Å². The van der Waals surface area contributed by atoms with Crippen LogP contribution in [0.25, 0.3) is 0 Å². The van der Waals surface area contributed by atoms with Gasteiger partial charge in [-0.05, 0) is 29.0 Å². The van der Waals surface area contributed by atoms with Gasteiger partial charge in [-0.1, -0.05) is 339 Å². The highest BCUT2D eigenvalue weighted by Crippen LogP contribution is 2.54. The Morgan fingerprint density at radius 1 is 0.352 bits per heavy atom. The van der Waals surface area contributed by atoms with Gasteiger partial charge in [-0.3, -0.25) is 0 Å². The number of alkyl halides is 3. The molecule has 0 aliphatic carbocycles. The van der Waals surface area contributed by atoms with Gasteiger partial charge in [0.2, 0.25) is 0 Å². The number of halogens is 3. The molecule has 71 heavy (non-hydrogen) atoms. The lowest BCUT2D eigenvalue weighted by Gasteiger charge is -2.38. The van der Waals surface area contributed by atoms with Gasteiger partial charge in [0.05, 0.1) is 29.8 Å². The second-order valence-electron chi connectivity index (χ2n) is 21.5. The van der Waals surface area contributed by atoms with Gasteiger partial charge in [0.25, 0.3) is 0 Å². The molecular weight excluding hydrogens is 962 g/mol. The summed E-state index contributed by atoms with van der Waals surface area (Å²) in [6.45, 7) is 21.0. The van der Waals surface area contributed by atoms with Crippen LogP contribution < -0.4 is 36.8 Å². The second kappa shape index (κ2) is 31.9. The molecule has 1 unspecified atom stereocenters. The first-order valence-electron chi connectivity index (χ1n) is 29.1. The molecule has 0 aliphatic rings. The molecule has 4 rings (SSSR count). The summed E-state index contributed by atoms with van der Waals surface area (Å²) in [6, 6.07) is 47.6. The van der Waals surface area contributed by atoms with E-state index >= 15 is 13.2 Å². The lowest BCUT2D eigenvalue weighted by Crippen LogP contribution is -2.48. The first-order valence-corrected chi connectivity index (χ1v) is 39.6. The Kier molecular flexibility index (Phi) is 27.7. The molecule has 0 saturated heterocycles. The summed E-state index contributed by atoms with van der Waals surface area (Å²) >= 11 is 0. The lowest BCUT2D eigenvalue weighted by atomic mass is 10.2. The van der Waals surface area contributed by atoms with Crippen molar-refractivity contribution in [1.82, 2.24) is 4.44 Å². The van der Waals surface area contributed by atoms with E-state index in [-0.39, 0.29) is 0 Å². The van der Waals surface area contributed by atoms with Gasteiger partial charge in [0.15, 0.2) is 0 Å². The van der Waals surface area contributed by atoms with Crippen molar-refractivity contribution in [1.29, 1.82) is 0 Å². The van der Waals surface area contributed by atoms with Crippen LogP contribution in [0.5, 0.6) is 0 Å². The minimum Gasteiger partial charge on any atom is -0.248 e. The number of unbranched alkanes of at least 4 members (excludes halogenated alkanes) is 9. The molecule has 0 N–H and O–H groups in total. The number of benzene rings is 4. The lowest BCUT2D eigenvalue weighted by molar-refractivity contribution is -0.136. The molecule has 0 spiro atoms. The van der Waals surface area contributed by atoms with E-state index in [0.29, 0.717) is 5.30 Å². The van der Waals surface area contributed by atoms with Crippen molar-refractivity contribution in [3.63, 3.8) is 0 Å². The number of rotatable bonds is 36. The van der Waals surface area contributed by atoms with Crippen molar-refractivity contribution in [2.75, 3.05) is 7.05 Å². The molecule has 0 radical (unpaired) electrons. The van der Waals surface area contributed by atoms with Gasteiger partial charge < -0.3 is 0 Å². The summed E-state index contributed by atoms with van der Waals surface area (Å²) in [5.74, 6) is 0. The van der Waals surface area contributed by atoms with E-state index in [1.807, 2.05) is 6.07 Å². The van der Waals surface area contributed by atoms with Crippen LogP contribution >= 0.6 is 16.1 Å². The third-order valence-corrected chi connectivity index (χ3v) is 38.2. The maximum Gasteiger partial charge on any atom is 0.417 e. The van der Waals surface area contributed by atoms with E-state index in [9.17, 15) is 0 Å². The highest BCUT2D eigenvalue weighted by molar-refractivity contribution is 7.84. The van der Waals surface area contributed by atoms with Crippen LogP contribution in [-0.4, -0.2) is 35.7 Å². The largest absolute Gasteiger partial charge is 0.417 e. The van der Waals surface area contributed by atoms with E-state index in [0.717, 1.165) is 5.30 Å². The zero-order chi connectivity index (χ0) is 51.8. The first kappa shape index (κ1) is 61.7. The van der Waals surface area contributed by atoms with E-state index in [1.54, 1.807) is 22.5 Å². The van der Waals surface area contributed by atoms with Crippen LogP contribution in [-0.2, 0) is 6.18 Å². The topological polar surface area (TPSA) is 3.24 Å². The molecule has 9 heteroatoms. The van der Waals surface area contributed by atoms with E-state index in [1.165, 1.54) is 192 Å². The van der Waals surface area contributed by atoms with Crippen molar-refractivity contribution < 1.29 is 13.2 Å². The van der Waals surface area contributed by atoms with Gasteiger partial charge >= 0.3 is 6.18 Å². The van der Waals surface area contributed by atoms with Crippen molar-refractivity contribution in [3.05, 3.63) is 103 Å². The predicted octanol–water partition coefficient (Wildman–Crippen LogP) is 18.2. The van der Waals surface area contributed by atoms with Crippen molar-refractivity contribution in [2.45, 2.75) is 238 Å². The van der Waals surface area contributed by atoms with Gasteiger partial charge in [-0.15, -0.1) is 0 Å². The fourth-order valence-corrected chi connectivity index (χ4v) is 34.4. The molecule has 4 aromatic carbocycles. The van der Waals surface area contributed by atoms with Gasteiger partial charge in [-0.2, -0.15) is 13.2 Å². The molecule has 1 nitrogen and oxygen atoms in total. The van der Waals surface area contributed by atoms with Crippen LogP contribution in [0, 0.1) is 0 Å². The Morgan fingerprint density at radius 3 is 0.831 bits per heavy atom. The summed E-state index contributed by atoms with van der Waals surface area (Å²) in [6.07, 6.45) is 17.9. The standard InChI is InChI=1S/C62H100F3NP2Si3/c1-11-20-45-69(46-21-12-2,47-22-13-3)57-39-33-54(34-40-57)67(55-35-41-58(42-36-55)70(48-23-14-4,49-24-15-5)50-25-16-6)66(10)68(61-32-30-29-31-60(61)62(63,64)65)56-37-43-59(44-38-56)71(51-26-17-7,52-27-18-8)53-28-19-9/h29-44H,11-28,45-53H2,1-10H3. The molecule has 396 valence electrons. The Bertz CT molecular complexity index is 1900. The quantitative estimate of drug-likeness (QED) is 0.0324. The monoisotopic (exact) mass is 1060 g/mol. The summed E-state index contributed by atoms with van der Waals surface area (Å²) < 4.78 is 48.8. The van der Waals surface area contributed by atoms with Gasteiger partial charge in [-0.25, -0.2) is 4.44 Å². The molecule has 0 heterocycles. The molecule has 0 bridgehead atoms. The number of hydrogen-bond acceptors (Lipinski definition) is 1. The second-order valence-corrected chi connectivity index (χ2v) is 40.2. The normalized spacial score (nSPS) is 13.2. The third-order valence-electron chi connectivity index (χ3n) is 16.3. The zero-order valence-corrected chi connectivity index (χ0v) is 51.6. The maximum atomic E-state index is 15.5. The SMILES string of the molecule is CCCC[Si](CCCC)(CCCC)c1ccc(P(c2ccc([Si](CCCC)(CCCC)CCCC)cc2)N(C)P(c2ccc([Si](CCCC)(CCCC)CCCC)cc2)c2ccccc2C(F)(F)F)cc1. The zero-order valence-electron chi connectivity index (χ0n) is 46.8. The Labute approximate surface area is 440 Å². The van der Waals surface area contributed by atoms with Crippen molar-refractivity contribution in [2.24, 2.45) is 0 Å². The molecule has 0 saturated carbocycles. The molecular formula is C62H100F3NP2Si3. The van der Waals surface area contributed by atoms with Crippen molar-refractivity contribution >= 4 is 77.1 Å². The molecule has 0 fully saturated rings. The fraction of sp³-hybridized carbons (Fsp3) is 0.613. The minimum absolute atomic E-state index is 0.410. The number of hydrogen-bond donors (Lipinski definition) is 0. The fourth-order valence-electron chi connectivity index (χ4n) is 11.9. The van der Waals surface area contributed by atoms with Crippen LogP contribution in [0.2, 0.25) is 54.4 Å². The van der Waals surface area contributed by atoms with Crippen LogP contribution in [0.1, 0.15) is 183 Å². The molecule has 0 aromatic heterocycles. The van der Waals surface area contributed by atoms with Gasteiger partial charge in [0, 0.05) is 21.4 Å². The van der Waals surface area contributed by atoms with E-state index in [2.05, 4.69) is 147 Å². The van der Waals surface area contributed by atoms with Crippen LogP contribution in [0.4, 0.5) is 13.2 Å². The Balaban J connectivity index is 2.05. The summed E-state index contributed by atoms with van der Waals surface area (Å²) in [5.41, 5.74) is -0.502. The first-order chi connectivity index (χ1) is 34.3. The predicted molar refractivity (Wildman–Crippen MR) is 325 cm³/mol. The van der Waals surface area contributed by atoms with Crippen LogP contribution in [0.3, 0.4) is 0 Å². The molecule has 4 aromatic rings. The highest BCUT2D eigenvalue weighted by atomic mass is 31.2. The van der Waals surface area contributed by atoms with Crippen molar-refractivity contribution in [3.8, 4) is 0 Å². The molecule has 0 amide bonds. The smallest absolute Gasteiger partial charge is 0.248 e. The minimum atomic E-state index is -4.47. The highest BCUT2D eigenvalue weighted by Gasteiger charge is 2.41. The summed E-state index contributed by atoms with van der Waals surface area (Å²) in [5, 5.41) is 8.60. The maximum absolute atomic E-state index is 15.5. The van der Waals surface area contributed by atoms with Crippen LogP contribution in [0.15, 0.2) is 97.1 Å². The average Bonchev–Trinajstić information content (AvgIpc) is 3.39. The van der Waals surface area contributed by atoms with E-state index in [4.69, 9.17) is 0 Å². The number of nitrogens with zero attached hydrogens (tertiary/aromatic N) is 1. The average molecular weight is 1060 g/mol. The van der Waals surface area contributed by atoms with E-state index < -0.39 is 52.1 Å². The molecule has 1 atom stereocenters. The third kappa shape index (κ3) is 17.1.